The molecule has 0 saturated carbocycles. The summed E-state index contributed by atoms with van der Waals surface area (Å²) in [5.74, 6) is 0.997. The molecule has 1 N–H and O–H groups in total. The SMILES string of the molecule is CNCC1Cc2cc(Cl)cc(-c3c(C)cccc3C)c2O1. The zero-order chi connectivity index (χ0) is 15.0. The summed E-state index contributed by atoms with van der Waals surface area (Å²) in [5, 5.41) is 3.96. The lowest BCUT2D eigenvalue weighted by molar-refractivity contribution is 0.232. The van der Waals surface area contributed by atoms with Crippen LogP contribution in [0.2, 0.25) is 5.02 Å². The first-order valence-electron chi connectivity index (χ1n) is 7.30. The molecule has 0 aliphatic carbocycles. The van der Waals surface area contributed by atoms with Crippen LogP contribution in [-0.4, -0.2) is 19.7 Å². The zero-order valence-corrected chi connectivity index (χ0v) is 13.4. The predicted octanol–water partition coefficient (Wildman–Crippen LogP) is 4.15. The van der Waals surface area contributed by atoms with Crippen LogP contribution in [0.1, 0.15) is 16.7 Å². The summed E-state index contributed by atoms with van der Waals surface area (Å²) < 4.78 is 6.18. The van der Waals surface area contributed by atoms with Gasteiger partial charge in [0, 0.05) is 23.6 Å². The molecule has 3 heteroatoms. The predicted molar refractivity (Wildman–Crippen MR) is 88.4 cm³/mol. The summed E-state index contributed by atoms with van der Waals surface area (Å²) in [6.45, 7) is 5.11. The van der Waals surface area contributed by atoms with Gasteiger partial charge in [-0.2, -0.15) is 0 Å². The van der Waals surface area contributed by atoms with Gasteiger partial charge in [0.05, 0.1) is 0 Å². The fraction of sp³-hybridized carbons (Fsp3) is 0.333. The number of fused-ring (bicyclic) bond motifs is 1. The first-order chi connectivity index (χ1) is 10.1. The molecule has 2 aromatic rings. The third kappa shape index (κ3) is 2.66. The Balaban J connectivity index is 2.14. The minimum Gasteiger partial charge on any atom is -0.488 e. The number of hydrogen-bond acceptors (Lipinski definition) is 2. The summed E-state index contributed by atoms with van der Waals surface area (Å²) in [6, 6.07) is 10.4. The van der Waals surface area contributed by atoms with Gasteiger partial charge in [0.1, 0.15) is 11.9 Å². The van der Waals surface area contributed by atoms with Gasteiger partial charge in [-0.25, -0.2) is 0 Å². The second kappa shape index (κ2) is 5.70. The molecule has 1 aliphatic heterocycles. The highest BCUT2D eigenvalue weighted by Crippen LogP contribution is 2.43. The Kier molecular flexibility index (Phi) is 3.92. The van der Waals surface area contributed by atoms with Crippen molar-refractivity contribution in [1.82, 2.24) is 5.32 Å². The van der Waals surface area contributed by atoms with E-state index in [9.17, 15) is 0 Å². The van der Waals surface area contributed by atoms with E-state index in [-0.39, 0.29) is 6.10 Å². The monoisotopic (exact) mass is 301 g/mol. The van der Waals surface area contributed by atoms with Crippen LogP contribution in [0, 0.1) is 13.8 Å². The molecule has 0 amide bonds. The van der Waals surface area contributed by atoms with E-state index in [1.807, 2.05) is 19.2 Å². The van der Waals surface area contributed by atoms with Gasteiger partial charge in [0.25, 0.3) is 0 Å². The second-order valence-electron chi connectivity index (χ2n) is 5.71. The smallest absolute Gasteiger partial charge is 0.131 e. The van der Waals surface area contributed by atoms with Gasteiger partial charge in [0.2, 0.25) is 0 Å². The van der Waals surface area contributed by atoms with Crippen molar-refractivity contribution < 1.29 is 4.74 Å². The van der Waals surface area contributed by atoms with E-state index < -0.39 is 0 Å². The molecule has 0 spiro atoms. The fourth-order valence-corrected chi connectivity index (χ4v) is 3.40. The van der Waals surface area contributed by atoms with Crippen LogP contribution in [0.15, 0.2) is 30.3 Å². The van der Waals surface area contributed by atoms with E-state index in [1.165, 1.54) is 22.3 Å². The lowest BCUT2D eigenvalue weighted by Crippen LogP contribution is -2.27. The highest BCUT2D eigenvalue weighted by atomic mass is 35.5. The number of rotatable bonds is 3. The highest BCUT2D eigenvalue weighted by Gasteiger charge is 2.27. The van der Waals surface area contributed by atoms with Gasteiger partial charge < -0.3 is 10.1 Å². The van der Waals surface area contributed by atoms with Crippen LogP contribution < -0.4 is 10.1 Å². The number of hydrogen-bond donors (Lipinski definition) is 1. The molecule has 0 bridgehead atoms. The Morgan fingerprint density at radius 1 is 1.24 bits per heavy atom. The molecular weight excluding hydrogens is 282 g/mol. The molecule has 110 valence electrons. The normalized spacial score (nSPS) is 16.7. The van der Waals surface area contributed by atoms with E-state index in [0.717, 1.165) is 29.3 Å². The third-order valence-electron chi connectivity index (χ3n) is 4.04. The van der Waals surface area contributed by atoms with Gasteiger partial charge in [-0.1, -0.05) is 29.8 Å². The quantitative estimate of drug-likeness (QED) is 0.919. The highest BCUT2D eigenvalue weighted by molar-refractivity contribution is 6.31. The summed E-state index contributed by atoms with van der Waals surface area (Å²) in [5.41, 5.74) is 6.06. The zero-order valence-electron chi connectivity index (χ0n) is 12.7. The Morgan fingerprint density at radius 3 is 2.62 bits per heavy atom. The summed E-state index contributed by atoms with van der Waals surface area (Å²) in [6.07, 6.45) is 1.10. The van der Waals surface area contributed by atoms with Crippen LogP contribution in [0.25, 0.3) is 11.1 Å². The van der Waals surface area contributed by atoms with Crippen molar-refractivity contribution in [2.45, 2.75) is 26.4 Å². The molecular formula is C18H20ClNO. The Bertz CT molecular complexity index is 661. The topological polar surface area (TPSA) is 21.3 Å². The third-order valence-corrected chi connectivity index (χ3v) is 4.26. The number of aryl methyl sites for hydroxylation is 2. The molecule has 0 aromatic heterocycles. The van der Waals surface area contributed by atoms with Crippen molar-refractivity contribution in [2.24, 2.45) is 0 Å². The maximum atomic E-state index is 6.34. The van der Waals surface area contributed by atoms with Crippen molar-refractivity contribution in [2.75, 3.05) is 13.6 Å². The van der Waals surface area contributed by atoms with Gasteiger partial charge in [-0.3, -0.25) is 0 Å². The fourth-order valence-electron chi connectivity index (χ4n) is 3.16. The average Bonchev–Trinajstić information content (AvgIpc) is 2.81. The van der Waals surface area contributed by atoms with Crippen molar-refractivity contribution in [3.05, 3.63) is 52.0 Å². The van der Waals surface area contributed by atoms with Crippen LogP contribution in [0.3, 0.4) is 0 Å². The van der Waals surface area contributed by atoms with E-state index in [2.05, 4.69) is 37.4 Å². The van der Waals surface area contributed by atoms with E-state index in [0.29, 0.717) is 0 Å². The van der Waals surface area contributed by atoms with Crippen molar-refractivity contribution in [3.63, 3.8) is 0 Å². The van der Waals surface area contributed by atoms with Crippen molar-refractivity contribution in [1.29, 1.82) is 0 Å². The number of halogens is 1. The van der Waals surface area contributed by atoms with Gasteiger partial charge in [0.15, 0.2) is 0 Å². The molecule has 1 aliphatic rings. The number of ether oxygens (including phenoxy) is 1. The van der Waals surface area contributed by atoms with Crippen LogP contribution in [-0.2, 0) is 6.42 Å². The molecule has 0 saturated heterocycles. The van der Waals surface area contributed by atoms with Crippen LogP contribution >= 0.6 is 11.6 Å². The summed E-state index contributed by atoms with van der Waals surface area (Å²) >= 11 is 6.34. The Hall–Kier alpha value is -1.51. The molecule has 1 unspecified atom stereocenters. The lowest BCUT2D eigenvalue weighted by atomic mass is 9.93. The number of benzene rings is 2. The summed E-state index contributed by atoms with van der Waals surface area (Å²) in [7, 11) is 1.95. The maximum Gasteiger partial charge on any atom is 0.131 e. The number of nitrogens with one attached hydrogen (secondary N) is 1. The Labute approximate surface area is 131 Å². The standard InChI is InChI=1S/C18H20ClNO/c1-11-5-4-6-12(2)17(11)16-9-14(19)7-13-8-15(10-20-3)21-18(13)16/h4-7,9,15,20H,8,10H2,1-3H3. The lowest BCUT2D eigenvalue weighted by Gasteiger charge is -2.15. The first kappa shape index (κ1) is 14.4. The molecule has 2 aromatic carbocycles. The van der Waals surface area contributed by atoms with Crippen LogP contribution in [0.4, 0.5) is 0 Å². The molecule has 0 fully saturated rings. The van der Waals surface area contributed by atoms with Crippen molar-refractivity contribution >= 4 is 11.6 Å². The summed E-state index contributed by atoms with van der Waals surface area (Å²) in [4.78, 5) is 0. The first-order valence-corrected chi connectivity index (χ1v) is 7.68. The van der Waals surface area contributed by atoms with Gasteiger partial charge >= 0.3 is 0 Å². The Morgan fingerprint density at radius 2 is 1.95 bits per heavy atom. The minimum atomic E-state index is 0.187. The molecule has 0 radical (unpaired) electrons. The molecule has 1 atom stereocenters. The second-order valence-corrected chi connectivity index (χ2v) is 6.15. The number of likely N-dealkylation sites (N-methyl/N-ethyl adjacent to an activating group) is 1. The van der Waals surface area contributed by atoms with Crippen LogP contribution in [0.5, 0.6) is 5.75 Å². The maximum absolute atomic E-state index is 6.34. The van der Waals surface area contributed by atoms with E-state index in [4.69, 9.17) is 16.3 Å². The molecule has 21 heavy (non-hydrogen) atoms. The molecule has 1 heterocycles. The molecule has 3 rings (SSSR count). The minimum absolute atomic E-state index is 0.187. The van der Waals surface area contributed by atoms with Gasteiger partial charge in [-0.05, 0) is 55.3 Å². The largest absolute Gasteiger partial charge is 0.488 e. The van der Waals surface area contributed by atoms with E-state index >= 15 is 0 Å². The van der Waals surface area contributed by atoms with Crippen molar-refractivity contribution in [3.8, 4) is 16.9 Å². The average molecular weight is 302 g/mol. The van der Waals surface area contributed by atoms with E-state index in [1.54, 1.807) is 0 Å². The molecule has 2 nitrogen and oxygen atoms in total. The van der Waals surface area contributed by atoms with Gasteiger partial charge in [-0.15, -0.1) is 0 Å².